The smallest absolute Gasteiger partial charge is 0.148 e. The Bertz CT molecular complexity index is 188. The van der Waals surface area contributed by atoms with Crippen LogP contribution in [-0.4, -0.2) is 54.0 Å². The van der Waals surface area contributed by atoms with Crippen molar-refractivity contribution in [1.29, 1.82) is 0 Å². The van der Waals surface area contributed by atoms with Crippen LogP contribution in [0.2, 0.25) is 0 Å². The first-order chi connectivity index (χ1) is 5.74. The van der Waals surface area contributed by atoms with E-state index in [9.17, 15) is 9.50 Å². The van der Waals surface area contributed by atoms with Crippen molar-refractivity contribution in [2.24, 2.45) is 0 Å². The molecule has 2 aliphatic rings. The maximum Gasteiger partial charge on any atom is 0.148 e. The van der Waals surface area contributed by atoms with E-state index in [1.807, 2.05) is 0 Å². The molecule has 0 radical (unpaired) electrons. The van der Waals surface area contributed by atoms with E-state index in [2.05, 4.69) is 0 Å². The number of hydrogen-bond donors (Lipinski definition) is 2. The Labute approximate surface area is 68.9 Å². The summed E-state index contributed by atoms with van der Waals surface area (Å²) in [6.07, 6.45) is -2.20. The molecule has 2 fully saturated rings. The van der Waals surface area contributed by atoms with Crippen molar-refractivity contribution in [2.45, 2.75) is 23.9 Å². The summed E-state index contributed by atoms with van der Waals surface area (Å²) in [6.45, 7) is -0.911. The molecule has 70 valence electrons. The molecule has 2 aliphatic heterocycles. The topological polar surface area (TPSA) is 58.9 Å². The number of rotatable bonds is 2. The van der Waals surface area contributed by atoms with Crippen LogP contribution in [0.5, 0.6) is 0 Å². The van der Waals surface area contributed by atoms with Gasteiger partial charge in [0, 0.05) is 0 Å². The minimum Gasteiger partial charge on any atom is -0.393 e. The molecule has 0 aromatic heterocycles. The molecule has 0 aliphatic carbocycles. The lowest BCUT2D eigenvalue weighted by Crippen LogP contribution is -2.51. The summed E-state index contributed by atoms with van der Waals surface area (Å²) in [6, 6.07) is 0. The second-order valence-corrected chi connectivity index (χ2v) is 3.19. The monoisotopic (exact) mass is 178 g/mol. The molecule has 2 rings (SSSR count). The van der Waals surface area contributed by atoms with Gasteiger partial charge in [0.1, 0.15) is 30.6 Å². The van der Waals surface area contributed by atoms with Crippen LogP contribution in [0, 0.1) is 0 Å². The SMILES string of the molecule is OC[C@]12OC[C@H](OC1CF)[C@@H]2O. The van der Waals surface area contributed by atoms with Crippen LogP contribution in [0.3, 0.4) is 0 Å². The lowest BCUT2D eigenvalue weighted by Gasteiger charge is -2.31. The van der Waals surface area contributed by atoms with E-state index in [1.54, 1.807) is 0 Å². The normalized spacial score (nSPS) is 51.8. The Morgan fingerprint density at radius 2 is 2.33 bits per heavy atom. The number of hydrogen-bond acceptors (Lipinski definition) is 4. The van der Waals surface area contributed by atoms with Crippen LogP contribution in [0.1, 0.15) is 0 Å². The summed E-state index contributed by atoms with van der Waals surface area (Å²) in [7, 11) is 0. The molecule has 2 N–H and O–H groups in total. The van der Waals surface area contributed by atoms with Gasteiger partial charge in [-0.25, -0.2) is 4.39 Å². The number of aliphatic hydroxyl groups excluding tert-OH is 2. The molecule has 1 unspecified atom stereocenters. The van der Waals surface area contributed by atoms with Crippen LogP contribution in [0.25, 0.3) is 0 Å². The fourth-order valence-corrected chi connectivity index (χ4v) is 1.86. The standard InChI is InChI=1S/C7H11FO4/c8-1-5-7(3-9)6(10)4(12-5)2-11-7/h4-6,9-10H,1-3H2/t4-,5?,6-,7-/m0/s1. The lowest BCUT2D eigenvalue weighted by molar-refractivity contribution is -0.171. The van der Waals surface area contributed by atoms with Gasteiger partial charge in [0.2, 0.25) is 0 Å². The average Bonchev–Trinajstić information content (AvgIpc) is 2.57. The van der Waals surface area contributed by atoms with Crippen LogP contribution in [0.15, 0.2) is 0 Å². The summed E-state index contributed by atoms with van der Waals surface area (Å²) < 4.78 is 22.6. The highest BCUT2D eigenvalue weighted by Crippen LogP contribution is 2.40. The van der Waals surface area contributed by atoms with E-state index in [0.29, 0.717) is 0 Å². The summed E-state index contributed by atoms with van der Waals surface area (Å²) in [4.78, 5) is 0. The third kappa shape index (κ3) is 0.794. The summed E-state index contributed by atoms with van der Waals surface area (Å²) >= 11 is 0. The van der Waals surface area contributed by atoms with Crippen molar-refractivity contribution in [3.05, 3.63) is 0 Å². The van der Waals surface area contributed by atoms with Crippen LogP contribution in [-0.2, 0) is 9.47 Å². The van der Waals surface area contributed by atoms with Crippen LogP contribution in [0.4, 0.5) is 4.39 Å². The van der Waals surface area contributed by atoms with E-state index in [4.69, 9.17) is 14.6 Å². The number of alkyl halides is 1. The Hall–Kier alpha value is -0.230. The molecule has 2 heterocycles. The number of halogens is 1. The fourth-order valence-electron chi connectivity index (χ4n) is 1.86. The molecule has 0 amide bonds. The molecule has 0 aromatic rings. The van der Waals surface area contributed by atoms with Gasteiger partial charge in [-0.15, -0.1) is 0 Å². The van der Waals surface area contributed by atoms with Gasteiger partial charge in [0.05, 0.1) is 13.2 Å². The first-order valence-corrected chi connectivity index (χ1v) is 3.89. The Morgan fingerprint density at radius 3 is 2.75 bits per heavy atom. The van der Waals surface area contributed by atoms with E-state index in [1.165, 1.54) is 0 Å². The number of fused-ring (bicyclic) bond motifs is 2. The summed E-state index contributed by atoms with van der Waals surface area (Å²) in [5, 5.41) is 18.5. The zero-order chi connectivity index (χ0) is 8.77. The molecule has 12 heavy (non-hydrogen) atoms. The zero-order valence-corrected chi connectivity index (χ0v) is 6.44. The van der Waals surface area contributed by atoms with Gasteiger partial charge >= 0.3 is 0 Å². The average molecular weight is 178 g/mol. The first-order valence-electron chi connectivity index (χ1n) is 3.89. The van der Waals surface area contributed by atoms with Gasteiger partial charge in [0.15, 0.2) is 0 Å². The second kappa shape index (κ2) is 2.63. The molecule has 4 nitrogen and oxygen atoms in total. The van der Waals surface area contributed by atoms with E-state index in [-0.39, 0.29) is 6.61 Å². The maximum atomic E-state index is 12.3. The molecule has 4 atom stereocenters. The quantitative estimate of drug-likeness (QED) is 0.560. The molecule has 2 bridgehead atoms. The highest BCUT2D eigenvalue weighted by Gasteiger charge is 2.62. The second-order valence-electron chi connectivity index (χ2n) is 3.19. The maximum absolute atomic E-state index is 12.3. The van der Waals surface area contributed by atoms with Gasteiger partial charge in [-0.2, -0.15) is 0 Å². The Kier molecular flexibility index (Phi) is 1.84. The van der Waals surface area contributed by atoms with Crippen LogP contribution >= 0.6 is 0 Å². The number of ether oxygens (including phenoxy) is 2. The van der Waals surface area contributed by atoms with E-state index < -0.39 is 37.2 Å². The molecular formula is C7H11FO4. The predicted octanol–water partition coefficient (Wildman–Crippen LogP) is -1.15. The molecule has 0 saturated carbocycles. The zero-order valence-electron chi connectivity index (χ0n) is 6.44. The van der Waals surface area contributed by atoms with E-state index in [0.717, 1.165) is 0 Å². The van der Waals surface area contributed by atoms with Crippen molar-refractivity contribution in [1.82, 2.24) is 0 Å². The summed E-state index contributed by atoms with van der Waals surface area (Å²) in [5.74, 6) is 0. The largest absolute Gasteiger partial charge is 0.393 e. The van der Waals surface area contributed by atoms with Crippen molar-refractivity contribution in [2.75, 3.05) is 19.9 Å². The van der Waals surface area contributed by atoms with Crippen molar-refractivity contribution < 1.29 is 24.1 Å². The molecule has 5 heteroatoms. The Morgan fingerprint density at radius 1 is 1.58 bits per heavy atom. The Balaban J connectivity index is 2.24. The number of aliphatic hydroxyl groups is 2. The minimum atomic E-state index is -1.21. The van der Waals surface area contributed by atoms with Gasteiger partial charge in [-0.3, -0.25) is 0 Å². The molecule has 0 aromatic carbocycles. The van der Waals surface area contributed by atoms with E-state index >= 15 is 0 Å². The highest BCUT2D eigenvalue weighted by molar-refractivity contribution is 5.09. The van der Waals surface area contributed by atoms with Gasteiger partial charge in [0.25, 0.3) is 0 Å². The third-order valence-corrected chi connectivity index (χ3v) is 2.64. The summed E-state index contributed by atoms with van der Waals surface area (Å²) in [5.41, 5.74) is -1.21. The van der Waals surface area contributed by atoms with Gasteiger partial charge in [-0.1, -0.05) is 0 Å². The molecule has 2 saturated heterocycles. The lowest BCUT2D eigenvalue weighted by atomic mass is 9.94. The first kappa shape index (κ1) is 8.37. The highest BCUT2D eigenvalue weighted by atomic mass is 19.1. The third-order valence-electron chi connectivity index (χ3n) is 2.64. The minimum absolute atomic E-state index is 0.234. The fraction of sp³-hybridized carbons (Fsp3) is 1.00. The van der Waals surface area contributed by atoms with Gasteiger partial charge in [-0.05, 0) is 0 Å². The van der Waals surface area contributed by atoms with Crippen molar-refractivity contribution >= 4 is 0 Å². The van der Waals surface area contributed by atoms with Crippen LogP contribution < -0.4 is 0 Å². The van der Waals surface area contributed by atoms with Crippen molar-refractivity contribution in [3.63, 3.8) is 0 Å². The van der Waals surface area contributed by atoms with Crippen molar-refractivity contribution in [3.8, 4) is 0 Å². The predicted molar refractivity (Wildman–Crippen MR) is 36.4 cm³/mol. The molecule has 0 spiro atoms. The van der Waals surface area contributed by atoms with Gasteiger partial charge < -0.3 is 19.7 Å². The molecular weight excluding hydrogens is 167 g/mol.